The van der Waals surface area contributed by atoms with Gasteiger partial charge in [0.05, 0.1) is 5.02 Å². The Morgan fingerprint density at radius 1 is 1.08 bits per heavy atom. The van der Waals surface area contributed by atoms with Gasteiger partial charge in [-0.25, -0.2) is 4.98 Å². The van der Waals surface area contributed by atoms with Crippen LogP contribution in [0.4, 0.5) is 11.8 Å². The number of nitrogen functional groups attached to an aromatic ring is 1. The van der Waals surface area contributed by atoms with Crippen molar-refractivity contribution in [3.8, 4) is 5.75 Å². The summed E-state index contributed by atoms with van der Waals surface area (Å²) in [5, 5.41) is 1.01. The Bertz CT molecular complexity index is 672. The van der Waals surface area contributed by atoms with Gasteiger partial charge in [0.25, 0.3) is 0 Å². The molecule has 0 radical (unpaired) electrons. The number of aromatic nitrogens is 2. The van der Waals surface area contributed by atoms with Crippen LogP contribution in [-0.2, 0) is 0 Å². The fourth-order valence-electron chi connectivity index (χ4n) is 2.63. The summed E-state index contributed by atoms with van der Waals surface area (Å²) in [6.07, 6.45) is 0. The molecule has 0 bridgehead atoms. The molecule has 1 fully saturated rings. The minimum absolute atomic E-state index is 0.202. The van der Waals surface area contributed by atoms with E-state index in [4.69, 9.17) is 33.7 Å². The van der Waals surface area contributed by atoms with Crippen molar-refractivity contribution in [3.05, 3.63) is 40.5 Å². The summed E-state index contributed by atoms with van der Waals surface area (Å²) < 4.78 is 5.74. The molecule has 0 aliphatic carbocycles. The normalized spacial score (nSPS) is 15.5. The van der Waals surface area contributed by atoms with E-state index in [1.807, 2.05) is 24.3 Å². The monoisotopic (exact) mass is 367 g/mol. The molecule has 8 heteroatoms. The van der Waals surface area contributed by atoms with Crippen LogP contribution in [-0.4, -0.2) is 54.2 Å². The van der Waals surface area contributed by atoms with E-state index in [9.17, 15) is 0 Å². The molecule has 0 unspecified atom stereocenters. The van der Waals surface area contributed by atoms with Crippen LogP contribution in [0.2, 0.25) is 10.2 Å². The molecule has 0 atom stereocenters. The van der Waals surface area contributed by atoms with Gasteiger partial charge in [-0.2, -0.15) is 4.98 Å². The number of hydrogen-bond acceptors (Lipinski definition) is 6. The highest BCUT2D eigenvalue weighted by Crippen LogP contribution is 2.23. The standard InChI is InChI=1S/C16H19Cl2N5O/c17-12-3-1-2-4-13(12)24-10-9-22-5-7-23(8-6-22)15-11-14(18)20-16(19)21-15/h1-4,11H,5-10H2,(H2,19,20,21). The summed E-state index contributed by atoms with van der Waals surface area (Å²) in [6, 6.07) is 9.25. The van der Waals surface area contributed by atoms with Gasteiger partial charge in [0, 0.05) is 38.8 Å². The number of anilines is 2. The Labute approximate surface area is 151 Å². The van der Waals surface area contributed by atoms with Crippen molar-refractivity contribution in [2.24, 2.45) is 0 Å². The molecule has 0 amide bonds. The highest BCUT2D eigenvalue weighted by atomic mass is 35.5. The van der Waals surface area contributed by atoms with Crippen LogP contribution in [0.1, 0.15) is 0 Å². The predicted octanol–water partition coefficient (Wildman–Crippen LogP) is 2.57. The Morgan fingerprint density at radius 3 is 2.54 bits per heavy atom. The number of nitrogens with two attached hydrogens (primary N) is 1. The van der Waals surface area contributed by atoms with Crippen LogP contribution in [0.3, 0.4) is 0 Å². The number of ether oxygens (including phenoxy) is 1. The Morgan fingerprint density at radius 2 is 1.83 bits per heavy atom. The average molecular weight is 368 g/mol. The first kappa shape index (κ1) is 17.1. The molecule has 2 N–H and O–H groups in total. The molecule has 128 valence electrons. The third kappa shape index (κ3) is 4.41. The minimum Gasteiger partial charge on any atom is -0.491 e. The van der Waals surface area contributed by atoms with Gasteiger partial charge >= 0.3 is 0 Å². The van der Waals surface area contributed by atoms with Gasteiger partial charge in [0.2, 0.25) is 5.95 Å². The average Bonchev–Trinajstić information content (AvgIpc) is 2.56. The lowest BCUT2D eigenvalue weighted by molar-refractivity contribution is 0.200. The number of rotatable bonds is 5. The van der Waals surface area contributed by atoms with Crippen LogP contribution in [0.15, 0.2) is 30.3 Å². The van der Waals surface area contributed by atoms with E-state index < -0.39 is 0 Å². The third-order valence-electron chi connectivity index (χ3n) is 3.90. The quantitative estimate of drug-likeness (QED) is 0.819. The Kier molecular flexibility index (Phi) is 5.60. The lowest BCUT2D eigenvalue weighted by atomic mass is 10.3. The molecule has 1 aliphatic heterocycles. The zero-order chi connectivity index (χ0) is 16.9. The van der Waals surface area contributed by atoms with Crippen LogP contribution in [0, 0.1) is 0 Å². The van der Waals surface area contributed by atoms with E-state index in [1.54, 1.807) is 6.07 Å². The fraction of sp³-hybridized carbons (Fsp3) is 0.375. The largest absolute Gasteiger partial charge is 0.491 e. The Hall–Kier alpha value is -1.76. The highest BCUT2D eigenvalue weighted by molar-refractivity contribution is 6.32. The van der Waals surface area contributed by atoms with Gasteiger partial charge in [0.15, 0.2) is 0 Å². The van der Waals surface area contributed by atoms with E-state index in [0.717, 1.165) is 44.3 Å². The molecule has 1 saturated heterocycles. The molecule has 24 heavy (non-hydrogen) atoms. The third-order valence-corrected chi connectivity index (χ3v) is 4.40. The SMILES string of the molecule is Nc1nc(Cl)cc(N2CCN(CCOc3ccccc3Cl)CC2)n1. The maximum atomic E-state index is 6.08. The maximum absolute atomic E-state index is 6.08. The van der Waals surface area contributed by atoms with E-state index >= 15 is 0 Å². The predicted molar refractivity (Wildman–Crippen MR) is 97.1 cm³/mol. The summed E-state index contributed by atoms with van der Waals surface area (Å²) in [7, 11) is 0. The lowest BCUT2D eigenvalue weighted by Crippen LogP contribution is -2.47. The van der Waals surface area contributed by atoms with E-state index in [-0.39, 0.29) is 5.95 Å². The molecule has 0 spiro atoms. The van der Waals surface area contributed by atoms with Gasteiger partial charge in [-0.1, -0.05) is 35.3 Å². The second-order valence-corrected chi connectivity index (χ2v) is 6.31. The van der Waals surface area contributed by atoms with E-state index in [2.05, 4.69) is 19.8 Å². The molecule has 1 aromatic heterocycles. The van der Waals surface area contributed by atoms with Crippen molar-refractivity contribution in [2.75, 3.05) is 50.0 Å². The van der Waals surface area contributed by atoms with Gasteiger partial charge in [-0.15, -0.1) is 0 Å². The van der Waals surface area contributed by atoms with Crippen molar-refractivity contribution in [2.45, 2.75) is 0 Å². The van der Waals surface area contributed by atoms with Gasteiger partial charge in [-0.3, -0.25) is 4.90 Å². The fourth-order valence-corrected chi connectivity index (χ4v) is 3.01. The zero-order valence-corrected chi connectivity index (χ0v) is 14.7. The number of piperazine rings is 1. The topological polar surface area (TPSA) is 67.5 Å². The summed E-state index contributed by atoms with van der Waals surface area (Å²) in [5.74, 6) is 1.71. The number of hydrogen-bond donors (Lipinski definition) is 1. The first-order valence-electron chi connectivity index (χ1n) is 7.76. The smallest absolute Gasteiger partial charge is 0.223 e. The maximum Gasteiger partial charge on any atom is 0.223 e. The van der Waals surface area contributed by atoms with Gasteiger partial charge < -0.3 is 15.4 Å². The molecular weight excluding hydrogens is 349 g/mol. The molecular formula is C16H19Cl2N5O. The first-order chi connectivity index (χ1) is 11.6. The van der Waals surface area contributed by atoms with E-state index in [1.165, 1.54) is 0 Å². The highest BCUT2D eigenvalue weighted by Gasteiger charge is 2.19. The molecule has 3 rings (SSSR count). The van der Waals surface area contributed by atoms with Crippen LogP contribution < -0.4 is 15.4 Å². The van der Waals surface area contributed by atoms with Crippen LogP contribution in [0.5, 0.6) is 5.75 Å². The van der Waals surface area contributed by atoms with Crippen molar-refractivity contribution in [1.29, 1.82) is 0 Å². The second-order valence-electron chi connectivity index (χ2n) is 5.51. The number of nitrogens with zero attached hydrogens (tertiary/aromatic N) is 4. The number of para-hydroxylation sites is 1. The molecule has 2 heterocycles. The number of halogens is 2. The van der Waals surface area contributed by atoms with Crippen LogP contribution in [0.25, 0.3) is 0 Å². The summed E-state index contributed by atoms with van der Waals surface area (Å²) in [4.78, 5) is 12.6. The van der Waals surface area contributed by atoms with Gasteiger partial charge in [0.1, 0.15) is 23.3 Å². The first-order valence-corrected chi connectivity index (χ1v) is 8.52. The van der Waals surface area contributed by atoms with E-state index in [0.29, 0.717) is 16.8 Å². The molecule has 6 nitrogen and oxygen atoms in total. The zero-order valence-electron chi connectivity index (χ0n) is 13.2. The van der Waals surface area contributed by atoms with Crippen LogP contribution >= 0.6 is 23.2 Å². The molecule has 1 aromatic carbocycles. The molecule has 1 aliphatic rings. The van der Waals surface area contributed by atoms with Crippen molar-refractivity contribution in [3.63, 3.8) is 0 Å². The molecule has 2 aromatic rings. The van der Waals surface area contributed by atoms with Crippen molar-refractivity contribution in [1.82, 2.24) is 14.9 Å². The Balaban J connectivity index is 1.46. The summed E-state index contributed by atoms with van der Waals surface area (Å²) >= 11 is 12.0. The molecule has 0 saturated carbocycles. The van der Waals surface area contributed by atoms with Crippen molar-refractivity contribution >= 4 is 35.0 Å². The van der Waals surface area contributed by atoms with Crippen molar-refractivity contribution < 1.29 is 4.74 Å². The summed E-state index contributed by atoms with van der Waals surface area (Å²) in [5.41, 5.74) is 5.66. The van der Waals surface area contributed by atoms with Gasteiger partial charge in [-0.05, 0) is 12.1 Å². The lowest BCUT2D eigenvalue weighted by Gasteiger charge is -2.35. The number of benzene rings is 1. The minimum atomic E-state index is 0.202. The second kappa shape index (κ2) is 7.88. The summed E-state index contributed by atoms with van der Waals surface area (Å²) in [6.45, 7) is 5.03.